The van der Waals surface area contributed by atoms with E-state index in [1.165, 1.54) is 5.56 Å². The van der Waals surface area contributed by atoms with Gasteiger partial charge >= 0.3 is 0 Å². The Labute approximate surface area is 112 Å². The summed E-state index contributed by atoms with van der Waals surface area (Å²) in [7, 11) is 0. The van der Waals surface area contributed by atoms with E-state index in [4.69, 9.17) is 4.74 Å². The van der Waals surface area contributed by atoms with Crippen molar-refractivity contribution >= 4 is 0 Å². The third-order valence-corrected chi connectivity index (χ3v) is 3.55. The number of aromatic nitrogens is 1. The quantitative estimate of drug-likeness (QED) is 0.897. The molecule has 1 N–H and O–H groups in total. The molecule has 0 amide bonds. The number of aryl methyl sites for hydroxylation is 2. The number of hydrogen-bond donors (Lipinski definition) is 1. The van der Waals surface area contributed by atoms with Crippen molar-refractivity contribution in [2.24, 2.45) is 0 Å². The fourth-order valence-electron chi connectivity index (χ4n) is 2.62. The number of aliphatic hydroxyl groups is 1. The third kappa shape index (κ3) is 2.10. The van der Waals surface area contributed by atoms with Crippen molar-refractivity contribution in [3.05, 3.63) is 58.4 Å². The number of rotatable bonds is 2. The van der Waals surface area contributed by atoms with E-state index in [2.05, 4.69) is 4.98 Å². The largest absolute Gasteiger partial charge is 0.493 e. The van der Waals surface area contributed by atoms with Crippen molar-refractivity contribution in [1.82, 2.24) is 4.98 Å². The summed E-state index contributed by atoms with van der Waals surface area (Å²) in [4.78, 5) is 4.37. The van der Waals surface area contributed by atoms with Crippen LogP contribution < -0.4 is 4.74 Å². The van der Waals surface area contributed by atoms with Crippen LogP contribution in [0.5, 0.6) is 5.75 Å². The molecule has 2 heterocycles. The molecule has 1 aliphatic rings. The zero-order valence-electron chi connectivity index (χ0n) is 11.2. The Balaban J connectivity index is 2.05. The van der Waals surface area contributed by atoms with E-state index >= 15 is 0 Å². The highest BCUT2D eigenvalue weighted by Gasteiger charge is 2.23. The average molecular weight is 255 g/mol. The van der Waals surface area contributed by atoms with Gasteiger partial charge in [-0.3, -0.25) is 4.98 Å². The molecule has 98 valence electrons. The summed E-state index contributed by atoms with van der Waals surface area (Å²) in [6.07, 6.45) is 1.97. The van der Waals surface area contributed by atoms with E-state index in [9.17, 15) is 5.11 Å². The highest BCUT2D eigenvalue weighted by molar-refractivity contribution is 5.47. The van der Waals surface area contributed by atoms with Gasteiger partial charge in [0.25, 0.3) is 0 Å². The molecule has 0 fully saturated rings. The molecule has 3 nitrogen and oxygen atoms in total. The van der Waals surface area contributed by atoms with Gasteiger partial charge < -0.3 is 9.84 Å². The molecule has 1 aromatic heterocycles. The number of aliphatic hydroxyl groups excluding tert-OH is 1. The van der Waals surface area contributed by atoms with E-state index in [0.717, 1.165) is 28.9 Å². The van der Waals surface area contributed by atoms with Gasteiger partial charge in [0.15, 0.2) is 0 Å². The minimum absolute atomic E-state index is 0.694. The van der Waals surface area contributed by atoms with Crippen molar-refractivity contribution in [2.45, 2.75) is 26.4 Å². The van der Waals surface area contributed by atoms with Gasteiger partial charge in [0.2, 0.25) is 0 Å². The maximum atomic E-state index is 10.6. The lowest BCUT2D eigenvalue weighted by molar-refractivity contribution is 0.208. The lowest BCUT2D eigenvalue weighted by Crippen LogP contribution is -2.06. The number of para-hydroxylation sites is 1. The Bertz CT molecular complexity index is 622. The fraction of sp³-hybridized carbons (Fsp3) is 0.312. The second kappa shape index (κ2) is 4.67. The van der Waals surface area contributed by atoms with E-state index in [1.807, 2.05) is 38.1 Å². The zero-order chi connectivity index (χ0) is 13.4. The standard InChI is InChI=1S/C16H17NO2/c1-10-8-11(2)14(17-9-10)15(18)13-5-3-4-12-6-7-19-16(12)13/h3-5,8-9,15,18H,6-7H2,1-2H3. The van der Waals surface area contributed by atoms with Crippen LogP contribution in [0.3, 0.4) is 0 Å². The van der Waals surface area contributed by atoms with Crippen LogP contribution in [0, 0.1) is 13.8 Å². The predicted molar refractivity (Wildman–Crippen MR) is 73.4 cm³/mol. The van der Waals surface area contributed by atoms with E-state index in [1.54, 1.807) is 6.20 Å². The molecule has 0 spiro atoms. The first-order chi connectivity index (χ1) is 9.16. The summed E-state index contributed by atoms with van der Waals surface area (Å²) in [6.45, 7) is 4.67. The van der Waals surface area contributed by atoms with Gasteiger partial charge in [-0.05, 0) is 30.5 Å². The van der Waals surface area contributed by atoms with Crippen LogP contribution in [0.15, 0.2) is 30.5 Å². The Kier molecular flexibility index (Phi) is 2.99. The molecule has 0 aliphatic carbocycles. The molecule has 2 aromatic rings. The van der Waals surface area contributed by atoms with Crippen LogP contribution in [0.4, 0.5) is 0 Å². The summed E-state index contributed by atoms with van der Waals surface area (Å²) in [6, 6.07) is 7.97. The Morgan fingerprint density at radius 1 is 1.32 bits per heavy atom. The topological polar surface area (TPSA) is 42.4 Å². The molecular formula is C16H17NO2. The van der Waals surface area contributed by atoms with Crippen molar-refractivity contribution in [1.29, 1.82) is 0 Å². The molecule has 3 rings (SSSR count). The van der Waals surface area contributed by atoms with Crippen LogP contribution >= 0.6 is 0 Å². The third-order valence-electron chi connectivity index (χ3n) is 3.55. The van der Waals surface area contributed by atoms with Gasteiger partial charge in [0.05, 0.1) is 12.3 Å². The summed E-state index contributed by atoms with van der Waals surface area (Å²) < 4.78 is 5.65. The number of hydrogen-bond acceptors (Lipinski definition) is 3. The first-order valence-corrected chi connectivity index (χ1v) is 6.52. The van der Waals surface area contributed by atoms with Gasteiger partial charge in [-0.15, -0.1) is 0 Å². The number of pyridine rings is 1. The lowest BCUT2D eigenvalue weighted by Gasteiger charge is -2.16. The Morgan fingerprint density at radius 3 is 2.95 bits per heavy atom. The molecule has 0 saturated heterocycles. The molecular weight excluding hydrogens is 238 g/mol. The van der Waals surface area contributed by atoms with E-state index in [0.29, 0.717) is 12.3 Å². The number of ether oxygens (including phenoxy) is 1. The summed E-state index contributed by atoms with van der Waals surface area (Å²) in [5.41, 5.74) is 4.79. The minimum Gasteiger partial charge on any atom is -0.493 e. The normalized spacial score (nSPS) is 14.9. The van der Waals surface area contributed by atoms with Crippen molar-refractivity contribution < 1.29 is 9.84 Å². The summed E-state index contributed by atoms with van der Waals surface area (Å²) in [5, 5.41) is 10.6. The fourth-order valence-corrected chi connectivity index (χ4v) is 2.62. The predicted octanol–water partition coefficient (Wildman–Crippen LogP) is 2.72. The van der Waals surface area contributed by atoms with Crippen LogP contribution in [-0.4, -0.2) is 16.7 Å². The van der Waals surface area contributed by atoms with Crippen LogP contribution in [0.2, 0.25) is 0 Å². The molecule has 1 unspecified atom stereocenters. The van der Waals surface area contributed by atoms with E-state index < -0.39 is 6.10 Å². The maximum absolute atomic E-state index is 10.6. The minimum atomic E-state index is -0.728. The summed E-state index contributed by atoms with van der Waals surface area (Å²) >= 11 is 0. The van der Waals surface area contributed by atoms with Crippen molar-refractivity contribution in [2.75, 3.05) is 6.61 Å². The first-order valence-electron chi connectivity index (χ1n) is 6.52. The Morgan fingerprint density at radius 2 is 2.16 bits per heavy atom. The highest BCUT2D eigenvalue weighted by Crippen LogP contribution is 2.36. The molecule has 3 heteroatoms. The van der Waals surface area contributed by atoms with Crippen LogP contribution in [0.1, 0.15) is 34.1 Å². The molecule has 1 atom stereocenters. The lowest BCUT2D eigenvalue weighted by atomic mass is 9.99. The molecule has 0 saturated carbocycles. The number of nitrogens with zero attached hydrogens (tertiary/aromatic N) is 1. The monoisotopic (exact) mass is 255 g/mol. The summed E-state index contributed by atoms with van der Waals surface area (Å²) in [5.74, 6) is 0.830. The maximum Gasteiger partial charge on any atom is 0.128 e. The molecule has 1 aliphatic heterocycles. The Hall–Kier alpha value is -1.87. The molecule has 0 radical (unpaired) electrons. The zero-order valence-corrected chi connectivity index (χ0v) is 11.2. The second-order valence-corrected chi connectivity index (χ2v) is 5.05. The smallest absolute Gasteiger partial charge is 0.128 e. The van der Waals surface area contributed by atoms with E-state index in [-0.39, 0.29) is 0 Å². The van der Waals surface area contributed by atoms with Gasteiger partial charge in [0.1, 0.15) is 11.9 Å². The van der Waals surface area contributed by atoms with Gasteiger partial charge in [-0.2, -0.15) is 0 Å². The highest BCUT2D eigenvalue weighted by atomic mass is 16.5. The molecule has 0 bridgehead atoms. The van der Waals surface area contributed by atoms with Gasteiger partial charge in [-0.1, -0.05) is 24.3 Å². The molecule has 19 heavy (non-hydrogen) atoms. The van der Waals surface area contributed by atoms with Crippen molar-refractivity contribution in [3.8, 4) is 5.75 Å². The van der Waals surface area contributed by atoms with Gasteiger partial charge in [-0.25, -0.2) is 0 Å². The van der Waals surface area contributed by atoms with Crippen molar-refractivity contribution in [3.63, 3.8) is 0 Å². The SMILES string of the molecule is Cc1cnc(C(O)c2cccc3c2OCC3)c(C)c1. The average Bonchev–Trinajstić information content (AvgIpc) is 2.86. The molecule has 1 aromatic carbocycles. The number of benzene rings is 1. The van der Waals surface area contributed by atoms with Gasteiger partial charge in [0, 0.05) is 18.2 Å². The van der Waals surface area contributed by atoms with Crippen LogP contribution in [-0.2, 0) is 6.42 Å². The first kappa shape index (κ1) is 12.2. The number of fused-ring (bicyclic) bond motifs is 1. The van der Waals surface area contributed by atoms with Crippen LogP contribution in [0.25, 0.3) is 0 Å². The second-order valence-electron chi connectivity index (χ2n) is 5.05.